The second-order valence-corrected chi connectivity index (χ2v) is 11.0. The van der Waals surface area contributed by atoms with Gasteiger partial charge in [-0.15, -0.1) is 0 Å². The Morgan fingerprint density at radius 1 is 0.889 bits per heavy atom. The third kappa shape index (κ3) is 2.90. The molecule has 5 rings (SSSR count). The first-order valence-corrected chi connectivity index (χ1v) is 12.1. The molecule has 0 aromatic heterocycles. The molecular formula is C22H33NO3S. The average Bonchev–Trinajstić information content (AvgIpc) is 2.70. The molecule has 150 valence electrons. The van der Waals surface area contributed by atoms with Crippen molar-refractivity contribution in [1.82, 2.24) is 4.90 Å². The van der Waals surface area contributed by atoms with Gasteiger partial charge in [0.25, 0.3) is 0 Å². The van der Waals surface area contributed by atoms with E-state index >= 15 is 0 Å². The van der Waals surface area contributed by atoms with Crippen LogP contribution in [0.4, 0.5) is 0 Å². The van der Waals surface area contributed by atoms with Crippen LogP contribution in [0.5, 0.6) is 0 Å². The van der Waals surface area contributed by atoms with Gasteiger partial charge in [-0.2, -0.15) is 11.8 Å². The number of methoxy groups -OCH3 is 1. The first kappa shape index (κ1) is 18.5. The number of carbonyl (C=O) groups is 2. The van der Waals surface area contributed by atoms with Gasteiger partial charge in [0.2, 0.25) is 11.8 Å². The van der Waals surface area contributed by atoms with Crippen molar-refractivity contribution in [3.05, 3.63) is 0 Å². The van der Waals surface area contributed by atoms with Crippen LogP contribution in [-0.2, 0) is 14.3 Å². The molecule has 0 radical (unpaired) electrons. The molecule has 2 amide bonds. The molecule has 0 bridgehead atoms. The third-order valence-electron chi connectivity index (χ3n) is 8.42. The first-order valence-electron chi connectivity index (χ1n) is 11.2. The second-order valence-electron chi connectivity index (χ2n) is 9.52. The lowest BCUT2D eigenvalue weighted by Crippen LogP contribution is -2.63. The van der Waals surface area contributed by atoms with Crippen LogP contribution in [0, 0.1) is 35.5 Å². The van der Waals surface area contributed by atoms with Crippen molar-refractivity contribution in [2.75, 3.05) is 20.3 Å². The summed E-state index contributed by atoms with van der Waals surface area (Å²) in [6, 6.07) is 0. The van der Waals surface area contributed by atoms with E-state index in [1.165, 1.54) is 38.5 Å². The first-order chi connectivity index (χ1) is 13.2. The van der Waals surface area contributed by atoms with Gasteiger partial charge in [0.15, 0.2) is 0 Å². The summed E-state index contributed by atoms with van der Waals surface area (Å²) in [7, 11) is 1.68. The van der Waals surface area contributed by atoms with Crippen LogP contribution in [0.15, 0.2) is 0 Å². The number of carbonyl (C=O) groups excluding carboxylic acids is 2. The predicted octanol–water partition coefficient (Wildman–Crippen LogP) is 3.73. The van der Waals surface area contributed by atoms with Crippen LogP contribution < -0.4 is 0 Å². The Bertz CT molecular complexity index is 592. The largest absolute Gasteiger partial charge is 0.385 e. The fourth-order valence-electron chi connectivity index (χ4n) is 7.45. The summed E-state index contributed by atoms with van der Waals surface area (Å²) in [6.07, 6.45) is 10.8. The van der Waals surface area contributed by atoms with Crippen molar-refractivity contribution in [3.63, 3.8) is 0 Å². The molecule has 0 aromatic carbocycles. The summed E-state index contributed by atoms with van der Waals surface area (Å²) in [5.74, 6) is 3.12. The highest BCUT2D eigenvalue weighted by Gasteiger charge is 2.61. The van der Waals surface area contributed by atoms with E-state index in [2.05, 4.69) is 11.8 Å². The van der Waals surface area contributed by atoms with Gasteiger partial charge < -0.3 is 4.74 Å². The molecule has 5 fully saturated rings. The normalized spacial score (nSPS) is 46.0. The maximum atomic E-state index is 13.3. The van der Waals surface area contributed by atoms with Crippen LogP contribution in [0.25, 0.3) is 0 Å². The Labute approximate surface area is 167 Å². The zero-order valence-electron chi connectivity index (χ0n) is 16.5. The minimum atomic E-state index is 0.111. The van der Waals surface area contributed by atoms with Crippen molar-refractivity contribution in [3.8, 4) is 0 Å². The summed E-state index contributed by atoms with van der Waals surface area (Å²) in [5, 5.41) is 1.57. The van der Waals surface area contributed by atoms with E-state index in [0.717, 1.165) is 36.3 Å². The minimum Gasteiger partial charge on any atom is -0.385 e. The van der Waals surface area contributed by atoms with Gasteiger partial charge in [0.05, 0.1) is 0 Å². The molecule has 2 saturated heterocycles. The van der Waals surface area contributed by atoms with E-state index < -0.39 is 0 Å². The highest BCUT2D eigenvalue weighted by atomic mass is 32.2. The van der Waals surface area contributed by atoms with Gasteiger partial charge in [0, 0.05) is 42.6 Å². The Balaban J connectivity index is 1.41. The molecule has 5 aliphatic rings. The lowest BCUT2D eigenvalue weighted by atomic mass is 9.52. The van der Waals surface area contributed by atoms with Crippen LogP contribution in [-0.4, -0.2) is 47.5 Å². The van der Waals surface area contributed by atoms with Crippen molar-refractivity contribution in [1.29, 1.82) is 0 Å². The molecule has 3 aliphatic carbocycles. The van der Waals surface area contributed by atoms with Crippen molar-refractivity contribution in [2.24, 2.45) is 35.5 Å². The topological polar surface area (TPSA) is 46.6 Å². The Morgan fingerprint density at radius 3 is 2.41 bits per heavy atom. The van der Waals surface area contributed by atoms with E-state index in [1.807, 2.05) is 0 Å². The third-order valence-corrected chi connectivity index (χ3v) is 10.3. The van der Waals surface area contributed by atoms with E-state index in [1.54, 1.807) is 12.0 Å². The maximum Gasteiger partial charge on any atom is 0.232 e. The number of amides is 2. The number of piperidine rings is 1. The number of thioether (sulfide) groups is 1. The Hall–Kier alpha value is -0.550. The predicted molar refractivity (Wildman–Crippen MR) is 106 cm³/mol. The van der Waals surface area contributed by atoms with Gasteiger partial charge in [-0.25, -0.2) is 0 Å². The summed E-state index contributed by atoms with van der Waals surface area (Å²) in [4.78, 5) is 28.1. The van der Waals surface area contributed by atoms with E-state index in [4.69, 9.17) is 4.74 Å². The molecule has 8 atom stereocenters. The molecule has 2 aliphatic heterocycles. The molecular weight excluding hydrogens is 358 g/mol. The van der Waals surface area contributed by atoms with E-state index in [9.17, 15) is 9.59 Å². The quantitative estimate of drug-likeness (QED) is 0.541. The van der Waals surface area contributed by atoms with E-state index in [-0.39, 0.29) is 23.7 Å². The number of hydrogen-bond acceptors (Lipinski definition) is 4. The molecule has 0 N–H and O–H groups in total. The van der Waals surface area contributed by atoms with Crippen LogP contribution in [0.1, 0.15) is 57.8 Å². The number of fused-ring (bicyclic) bond motifs is 2. The zero-order valence-corrected chi connectivity index (χ0v) is 17.3. The van der Waals surface area contributed by atoms with Crippen LogP contribution in [0.2, 0.25) is 0 Å². The number of ether oxygens (including phenoxy) is 1. The lowest BCUT2D eigenvalue weighted by molar-refractivity contribution is -0.170. The molecule has 2 heterocycles. The second kappa shape index (κ2) is 7.37. The molecule has 27 heavy (non-hydrogen) atoms. The number of nitrogens with zero attached hydrogens (tertiary/aromatic N) is 1. The van der Waals surface area contributed by atoms with E-state index in [0.29, 0.717) is 30.2 Å². The highest BCUT2D eigenvalue weighted by Crippen LogP contribution is 2.62. The summed E-state index contributed by atoms with van der Waals surface area (Å²) >= 11 is 2.26. The molecule has 8 unspecified atom stereocenters. The summed E-state index contributed by atoms with van der Waals surface area (Å²) < 4.78 is 5.14. The van der Waals surface area contributed by atoms with Gasteiger partial charge in [0.1, 0.15) is 0 Å². The minimum absolute atomic E-state index is 0.111. The summed E-state index contributed by atoms with van der Waals surface area (Å²) in [5.41, 5.74) is 0. The van der Waals surface area contributed by atoms with Gasteiger partial charge in [-0.1, -0.05) is 12.8 Å². The Morgan fingerprint density at radius 2 is 1.63 bits per heavy atom. The SMILES string of the molecule is COCCCN1C(=O)C2CCC3SC4CCCCC4C4CCC(C1=O)C2C34. The maximum absolute atomic E-state index is 13.3. The monoisotopic (exact) mass is 391 g/mol. The average molecular weight is 392 g/mol. The standard InChI is InChI=1S/C22H33NO3S/c1-26-12-4-11-23-21(24)15-8-7-14-13-5-2-3-6-17(13)27-18-10-9-16(22(23)25)19(15)20(14)18/h13-20H,2-12H2,1H3. The molecule has 0 spiro atoms. The smallest absolute Gasteiger partial charge is 0.232 e. The zero-order chi connectivity index (χ0) is 18.5. The highest BCUT2D eigenvalue weighted by molar-refractivity contribution is 8.00. The number of likely N-dealkylation sites (tertiary alicyclic amines) is 1. The fraction of sp³-hybridized carbons (Fsp3) is 0.909. The van der Waals surface area contributed by atoms with Crippen molar-refractivity contribution < 1.29 is 14.3 Å². The number of hydrogen-bond donors (Lipinski definition) is 0. The Kier molecular flexibility index (Phi) is 5.04. The lowest BCUT2D eigenvalue weighted by Gasteiger charge is -2.61. The van der Waals surface area contributed by atoms with Crippen molar-refractivity contribution >= 4 is 23.6 Å². The van der Waals surface area contributed by atoms with Gasteiger partial charge in [-0.05, 0) is 68.6 Å². The van der Waals surface area contributed by atoms with Gasteiger partial charge >= 0.3 is 0 Å². The fourth-order valence-corrected chi connectivity index (χ4v) is 9.58. The molecule has 3 saturated carbocycles. The number of imide groups is 1. The molecule has 5 heteroatoms. The van der Waals surface area contributed by atoms with Crippen molar-refractivity contribution in [2.45, 2.75) is 68.3 Å². The van der Waals surface area contributed by atoms with Gasteiger partial charge in [-0.3, -0.25) is 14.5 Å². The number of rotatable bonds is 4. The molecule has 0 aromatic rings. The summed E-state index contributed by atoms with van der Waals surface area (Å²) in [6.45, 7) is 1.16. The van der Waals surface area contributed by atoms with Crippen LogP contribution >= 0.6 is 11.8 Å². The molecule has 4 nitrogen and oxygen atoms in total. The van der Waals surface area contributed by atoms with Crippen LogP contribution in [0.3, 0.4) is 0 Å².